The first-order valence-electron chi connectivity index (χ1n) is 6.62. The molecule has 0 amide bonds. The molecule has 1 atom stereocenters. The third-order valence-corrected chi connectivity index (χ3v) is 5.92. The highest BCUT2D eigenvalue weighted by molar-refractivity contribution is 7.93. The van der Waals surface area contributed by atoms with Crippen LogP contribution in [0.5, 0.6) is 0 Å². The average Bonchev–Trinajstić information content (AvgIpc) is 2.49. The van der Waals surface area contributed by atoms with E-state index in [1.54, 1.807) is 0 Å². The van der Waals surface area contributed by atoms with Gasteiger partial charge < -0.3 is 5.11 Å². The highest BCUT2D eigenvalue weighted by atomic mass is 35.5. The fraction of sp³-hybridized carbons (Fsp3) is 0.133. The molecule has 1 N–H and O–H groups in total. The maximum absolute atomic E-state index is 13.0. The second kappa shape index (κ2) is 7.19. The molecule has 0 spiro atoms. The summed E-state index contributed by atoms with van der Waals surface area (Å²) in [5.41, 5.74) is 0.0194. The lowest BCUT2D eigenvalue weighted by atomic mass is 10.2. The molecule has 0 radical (unpaired) electrons. The van der Waals surface area contributed by atoms with Crippen molar-refractivity contribution in [3.63, 3.8) is 0 Å². The van der Waals surface area contributed by atoms with Crippen molar-refractivity contribution < 1.29 is 18.3 Å². The Hall–Kier alpha value is -1.47. The van der Waals surface area contributed by atoms with Crippen LogP contribution in [0.4, 0.5) is 5.69 Å². The summed E-state index contributed by atoms with van der Waals surface area (Å²) in [4.78, 5) is 11.3. The van der Waals surface area contributed by atoms with Crippen molar-refractivity contribution in [2.45, 2.75) is 17.9 Å². The standard InChI is InChI=1S/C15H12Cl3NO4S/c1-9(15(20)21)19(14-7-4-11(17)8-13(14)18)24(22,23)12-5-2-10(16)3-6-12/h2-9H,1H3,(H,20,21). The molecule has 0 aromatic heterocycles. The molecule has 2 aromatic rings. The predicted molar refractivity (Wildman–Crippen MR) is 94.7 cm³/mol. The zero-order valence-corrected chi connectivity index (χ0v) is 15.4. The molecule has 24 heavy (non-hydrogen) atoms. The van der Waals surface area contributed by atoms with E-state index >= 15 is 0 Å². The first kappa shape index (κ1) is 18.9. The van der Waals surface area contributed by atoms with Crippen LogP contribution >= 0.6 is 34.8 Å². The second-order valence-electron chi connectivity index (χ2n) is 4.86. The average molecular weight is 409 g/mol. The van der Waals surface area contributed by atoms with E-state index in [9.17, 15) is 18.3 Å². The lowest BCUT2D eigenvalue weighted by Gasteiger charge is -2.28. The van der Waals surface area contributed by atoms with Gasteiger partial charge in [0.2, 0.25) is 0 Å². The van der Waals surface area contributed by atoms with E-state index in [0.29, 0.717) is 10.0 Å². The van der Waals surface area contributed by atoms with Crippen molar-refractivity contribution in [3.8, 4) is 0 Å². The largest absolute Gasteiger partial charge is 0.480 e. The summed E-state index contributed by atoms with van der Waals surface area (Å²) < 4.78 is 26.7. The van der Waals surface area contributed by atoms with E-state index in [4.69, 9.17) is 34.8 Å². The molecule has 0 aliphatic rings. The molecule has 0 saturated carbocycles. The molecular formula is C15H12Cl3NO4S. The molecule has 2 rings (SSSR count). The first-order chi connectivity index (χ1) is 11.1. The minimum Gasteiger partial charge on any atom is -0.480 e. The third kappa shape index (κ3) is 3.78. The maximum atomic E-state index is 13.0. The van der Waals surface area contributed by atoms with Gasteiger partial charge >= 0.3 is 5.97 Å². The Morgan fingerprint density at radius 1 is 1.04 bits per heavy atom. The predicted octanol–water partition coefficient (Wildman–Crippen LogP) is 4.32. The molecule has 1 unspecified atom stereocenters. The first-order valence-corrected chi connectivity index (χ1v) is 9.20. The van der Waals surface area contributed by atoms with Crippen molar-refractivity contribution in [2.24, 2.45) is 0 Å². The van der Waals surface area contributed by atoms with Crippen molar-refractivity contribution in [2.75, 3.05) is 4.31 Å². The number of carboxylic acid groups (broad SMARTS) is 1. The number of halogens is 3. The van der Waals surface area contributed by atoms with Crippen LogP contribution in [0.25, 0.3) is 0 Å². The summed E-state index contributed by atoms with van der Waals surface area (Å²) in [5, 5.41) is 10.00. The van der Waals surface area contributed by atoms with E-state index in [2.05, 4.69) is 0 Å². The van der Waals surface area contributed by atoms with Crippen LogP contribution in [0, 0.1) is 0 Å². The van der Waals surface area contributed by atoms with Gasteiger partial charge in [0.25, 0.3) is 10.0 Å². The van der Waals surface area contributed by atoms with Crippen molar-refractivity contribution in [1.29, 1.82) is 0 Å². The molecule has 0 heterocycles. The summed E-state index contributed by atoms with van der Waals surface area (Å²) in [6.07, 6.45) is 0. The number of anilines is 1. The number of benzene rings is 2. The topological polar surface area (TPSA) is 74.7 Å². The van der Waals surface area contributed by atoms with Crippen LogP contribution in [0.3, 0.4) is 0 Å². The number of hydrogen-bond donors (Lipinski definition) is 1. The minimum absolute atomic E-state index is 0.0194. The lowest BCUT2D eigenvalue weighted by Crippen LogP contribution is -2.43. The summed E-state index contributed by atoms with van der Waals surface area (Å²) in [5.74, 6) is -1.32. The molecule has 0 fully saturated rings. The van der Waals surface area contributed by atoms with E-state index in [1.165, 1.54) is 49.4 Å². The Kier molecular flexibility index (Phi) is 5.65. The molecule has 0 bridgehead atoms. The highest BCUT2D eigenvalue weighted by Crippen LogP contribution is 2.34. The number of hydrogen-bond acceptors (Lipinski definition) is 3. The Balaban J connectivity index is 2.66. The molecule has 9 heteroatoms. The van der Waals surface area contributed by atoms with Gasteiger partial charge in [-0.05, 0) is 49.4 Å². The summed E-state index contributed by atoms with van der Waals surface area (Å²) >= 11 is 17.7. The summed E-state index contributed by atoms with van der Waals surface area (Å²) in [7, 11) is -4.18. The number of rotatable bonds is 5. The van der Waals surface area contributed by atoms with E-state index in [-0.39, 0.29) is 15.6 Å². The molecule has 0 saturated heterocycles. The normalized spacial score (nSPS) is 12.7. The van der Waals surface area contributed by atoms with Crippen molar-refractivity contribution in [1.82, 2.24) is 0 Å². The van der Waals surface area contributed by atoms with Gasteiger partial charge in [0, 0.05) is 10.0 Å². The van der Waals surface area contributed by atoms with Crippen LogP contribution in [0.1, 0.15) is 6.92 Å². The van der Waals surface area contributed by atoms with Crippen LogP contribution in [0.15, 0.2) is 47.4 Å². The van der Waals surface area contributed by atoms with Crippen LogP contribution in [-0.4, -0.2) is 25.5 Å². The Morgan fingerprint density at radius 2 is 1.58 bits per heavy atom. The van der Waals surface area contributed by atoms with Gasteiger partial charge in [0.1, 0.15) is 6.04 Å². The number of nitrogens with zero attached hydrogens (tertiary/aromatic N) is 1. The van der Waals surface area contributed by atoms with Gasteiger partial charge in [0.05, 0.1) is 15.6 Å². The third-order valence-electron chi connectivity index (χ3n) is 3.23. The molecule has 5 nitrogen and oxygen atoms in total. The van der Waals surface area contributed by atoms with Gasteiger partial charge in [-0.25, -0.2) is 13.2 Å². The number of aliphatic carboxylic acids is 1. The van der Waals surface area contributed by atoms with Crippen molar-refractivity contribution >= 4 is 56.5 Å². The SMILES string of the molecule is CC(C(=O)O)N(c1ccc(Cl)cc1Cl)S(=O)(=O)c1ccc(Cl)cc1. The quantitative estimate of drug-likeness (QED) is 0.799. The van der Waals surface area contributed by atoms with Gasteiger partial charge in [-0.1, -0.05) is 34.8 Å². The van der Waals surface area contributed by atoms with E-state index in [0.717, 1.165) is 4.31 Å². The Bertz CT molecular complexity index is 869. The zero-order chi connectivity index (χ0) is 18.1. The van der Waals surface area contributed by atoms with Crippen LogP contribution < -0.4 is 4.31 Å². The van der Waals surface area contributed by atoms with Gasteiger partial charge in [0.15, 0.2) is 0 Å². The number of carboxylic acids is 1. The zero-order valence-electron chi connectivity index (χ0n) is 12.3. The summed E-state index contributed by atoms with van der Waals surface area (Å²) in [6.45, 7) is 1.25. The summed E-state index contributed by atoms with van der Waals surface area (Å²) in [6, 6.07) is 8.15. The van der Waals surface area contributed by atoms with Crippen LogP contribution in [0.2, 0.25) is 15.1 Å². The highest BCUT2D eigenvalue weighted by Gasteiger charge is 2.34. The van der Waals surface area contributed by atoms with Crippen molar-refractivity contribution in [3.05, 3.63) is 57.5 Å². The smallest absolute Gasteiger partial charge is 0.327 e. The molecule has 2 aromatic carbocycles. The maximum Gasteiger partial charge on any atom is 0.327 e. The minimum atomic E-state index is -4.18. The van der Waals surface area contributed by atoms with Gasteiger partial charge in [-0.2, -0.15) is 0 Å². The molecular weight excluding hydrogens is 397 g/mol. The fourth-order valence-corrected chi connectivity index (χ4v) is 4.33. The lowest BCUT2D eigenvalue weighted by molar-refractivity contribution is -0.137. The Morgan fingerprint density at radius 3 is 2.08 bits per heavy atom. The Labute approximate surface area is 154 Å². The number of carbonyl (C=O) groups is 1. The molecule has 128 valence electrons. The van der Waals surface area contributed by atoms with E-state index < -0.39 is 22.0 Å². The monoisotopic (exact) mass is 407 g/mol. The molecule has 0 aliphatic heterocycles. The fourth-order valence-electron chi connectivity index (χ4n) is 2.03. The second-order valence-corrected chi connectivity index (χ2v) is 7.96. The van der Waals surface area contributed by atoms with Crippen LogP contribution in [-0.2, 0) is 14.8 Å². The van der Waals surface area contributed by atoms with E-state index in [1.807, 2.05) is 0 Å². The number of sulfonamides is 1. The van der Waals surface area contributed by atoms with Gasteiger partial charge in [-0.3, -0.25) is 4.31 Å². The molecule has 0 aliphatic carbocycles. The van der Waals surface area contributed by atoms with Gasteiger partial charge in [-0.15, -0.1) is 0 Å².